The molecule has 2 atom stereocenters. The van der Waals surface area contributed by atoms with Gasteiger partial charge in [-0.15, -0.1) is 0 Å². The molecule has 0 saturated carbocycles. The number of benzene rings is 2. The third-order valence-electron chi connectivity index (χ3n) is 3.64. The average Bonchev–Trinajstić information content (AvgIpc) is 2.46. The lowest BCUT2D eigenvalue weighted by molar-refractivity contribution is -0.137. The van der Waals surface area contributed by atoms with Crippen molar-refractivity contribution in [3.8, 4) is 5.75 Å². The van der Waals surface area contributed by atoms with E-state index in [1.54, 1.807) is 12.1 Å². The molecule has 21 heavy (non-hydrogen) atoms. The van der Waals surface area contributed by atoms with Crippen molar-refractivity contribution in [2.24, 2.45) is 5.73 Å². The van der Waals surface area contributed by atoms with E-state index in [4.69, 9.17) is 10.5 Å². The molecule has 0 aliphatic carbocycles. The van der Waals surface area contributed by atoms with Crippen LogP contribution in [0, 0.1) is 0 Å². The molecule has 5 heteroatoms. The lowest BCUT2D eigenvalue weighted by atomic mass is 9.93. The summed E-state index contributed by atoms with van der Waals surface area (Å²) in [5.74, 6) is 0.638. The van der Waals surface area contributed by atoms with E-state index in [-0.39, 0.29) is 6.04 Å². The van der Waals surface area contributed by atoms with Crippen LogP contribution in [0.5, 0.6) is 5.75 Å². The lowest BCUT2D eigenvalue weighted by Crippen LogP contribution is -2.24. The van der Waals surface area contributed by atoms with E-state index in [1.165, 1.54) is 6.07 Å². The lowest BCUT2D eigenvalue weighted by Gasteiger charge is -2.30. The number of nitrogens with two attached hydrogens (primary N) is 1. The number of para-hydroxylation sites is 1. The zero-order valence-electron chi connectivity index (χ0n) is 11.1. The van der Waals surface area contributed by atoms with E-state index in [1.807, 2.05) is 18.2 Å². The van der Waals surface area contributed by atoms with Gasteiger partial charge in [-0.25, -0.2) is 0 Å². The van der Waals surface area contributed by atoms with E-state index < -0.39 is 17.8 Å². The molecule has 0 saturated heterocycles. The van der Waals surface area contributed by atoms with Crippen LogP contribution < -0.4 is 10.5 Å². The third kappa shape index (κ3) is 2.74. The van der Waals surface area contributed by atoms with E-state index in [0.29, 0.717) is 17.7 Å². The highest BCUT2D eigenvalue weighted by atomic mass is 19.4. The summed E-state index contributed by atoms with van der Waals surface area (Å²) in [4.78, 5) is 0. The van der Waals surface area contributed by atoms with Gasteiger partial charge in [-0.2, -0.15) is 13.2 Å². The van der Waals surface area contributed by atoms with Gasteiger partial charge in [0.2, 0.25) is 0 Å². The summed E-state index contributed by atoms with van der Waals surface area (Å²) >= 11 is 0. The van der Waals surface area contributed by atoms with Crippen molar-refractivity contribution >= 4 is 0 Å². The predicted molar refractivity (Wildman–Crippen MR) is 72.8 cm³/mol. The Labute approximate surface area is 120 Å². The molecule has 2 aromatic rings. The minimum atomic E-state index is -4.36. The molecule has 1 unspecified atom stereocenters. The standard InChI is InChI=1S/C16H14F3NO/c17-16(18,19)11-5-3-4-10(8-11)15-9-13(20)12-6-1-2-7-14(12)21-15/h1-8,13,15H,9,20H2/t13-,15?/m0/s1. The van der Waals surface area contributed by atoms with Gasteiger partial charge >= 0.3 is 6.18 Å². The summed E-state index contributed by atoms with van der Waals surface area (Å²) in [6.07, 6.45) is -4.36. The second-order valence-corrected chi connectivity index (χ2v) is 5.11. The summed E-state index contributed by atoms with van der Waals surface area (Å²) < 4.78 is 44.2. The second kappa shape index (κ2) is 5.07. The van der Waals surface area contributed by atoms with E-state index in [2.05, 4.69) is 0 Å². The van der Waals surface area contributed by atoms with Crippen molar-refractivity contribution in [3.63, 3.8) is 0 Å². The number of ether oxygens (including phenoxy) is 1. The van der Waals surface area contributed by atoms with Crippen LogP contribution in [0.4, 0.5) is 13.2 Å². The highest BCUT2D eigenvalue weighted by Crippen LogP contribution is 2.40. The van der Waals surface area contributed by atoms with Gasteiger partial charge < -0.3 is 10.5 Å². The summed E-state index contributed by atoms with van der Waals surface area (Å²) in [6.45, 7) is 0. The molecule has 0 amide bonds. The zero-order chi connectivity index (χ0) is 15.0. The fourth-order valence-electron chi connectivity index (χ4n) is 2.57. The smallest absolute Gasteiger partial charge is 0.416 e. The Morgan fingerprint density at radius 2 is 1.81 bits per heavy atom. The van der Waals surface area contributed by atoms with Crippen LogP contribution in [0.25, 0.3) is 0 Å². The summed E-state index contributed by atoms with van der Waals surface area (Å²) in [5.41, 5.74) is 6.81. The van der Waals surface area contributed by atoms with Crippen LogP contribution in [-0.4, -0.2) is 0 Å². The van der Waals surface area contributed by atoms with Crippen molar-refractivity contribution in [3.05, 3.63) is 65.2 Å². The Morgan fingerprint density at radius 1 is 1.05 bits per heavy atom. The Kier molecular flexibility index (Phi) is 3.37. The van der Waals surface area contributed by atoms with Crippen molar-refractivity contribution in [2.45, 2.75) is 24.7 Å². The zero-order valence-corrected chi connectivity index (χ0v) is 11.1. The number of rotatable bonds is 1. The Balaban J connectivity index is 1.93. The topological polar surface area (TPSA) is 35.2 Å². The van der Waals surface area contributed by atoms with Crippen LogP contribution in [0.3, 0.4) is 0 Å². The summed E-state index contributed by atoms with van der Waals surface area (Å²) in [7, 11) is 0. The molecule has 0 aromatic heterocycles. The van der Waals surface area contributed by atoms with Gasteiger partial charge in [0.05, 0.1) is 5.56 Å². The monoisotopic (exact) mass is 293 g/mol. The molecule has 3 rings (SSSR count). The third-order valence-corrected chi connectivity index (χ3v) is 3.64. The Bertz CT molecular complexity index is 654. The van der Waals surface area contributed by atoms with Crippen molar-refractivity contribution in [1.29, 1.82) is 0 Å². The molecular weight excluding hydrogens is 279 g/mol. The van der Waals surface area contributed by atoms with Crippen molar-refractivity contribution in [2.75, 3.05) is 0 Å². The minimum absolute atomic E-state index is 0.241. The van der Waals surface area contributed by atoms with Gasteiger partial charge in [0.15, 0.2) is 0 Å². The van der Waals surface area contributed by atoms with E-state index in [9.17, 15) is 13.2 Å². The average molecular weight is 293 g/mol. The first-order valence-corrected chi connectivity index (χ1v) is 6.63. The molecule has 2 N–H and O–H groups in total. The van der Waals surface area contributed by atoms with Gasteiger partial charge in [0.1, 0.15) is 11.9 Å². The highest BCUT2D eigenvalue weighted by molar-refractivity contribution is 5.39. The van der Waals surface area contributed by atoms with Crippen LogP contribution >= 0.6 is 0 Å². The van der Waals surface area contributed by atoms with Crippen LogP contribution in [0.1, 0.15) is 35.3 Å². The normalized spacial score (nSPS) is 21.5. The molecule has 2 nitrogen and oxygen atoms in total. The molecule has 1 aliphatic heterocycles. The molecule has 0 fully saturated rings. The highest BCUT2D eigenvalue weighted by Gasteiger charge is 2.32. The summed E-state index contributed by atoms with van der Waals surface area (Å²) in [6, 6.07) is 12.3. The number of hydrogen-bond donors (Lipinski definition) is 1. The molecule has 110 valence electrons. The number of hydrogen-bond acceptors (Lipinski definition) is 2. The van der Waals surface area contributed by atoms with Gasteiger partial charge in [0.25, 0.3) is 0 Å². The van der Waals surface area contributed by atoms with Crippen LogP contribution in [-0.2, 0) is 6.18 Å². The first kappa shape index (κ1) is 13.9. The molecule has 1 aliphatic rings. The van der Waals surface area contributed by atoms with Gasteiger partial charge in [-0.3, -0.25) is 0 Å². The van der Waals surface area contributed by atoms with Crippen molar-refractivity contribution in [1.82, 2.24) is 0 Å². The summed E-state index contributed by atoms with van der Waals surface area (Å²) in [5, 5.41) is 0. The largest absolute Gasteiger partial charge is 0.485 e. The SMILES string of the molecule is N[C@H]1CC(c2cccc(C(F)(F)F)c2)Oc2ccccc21. The molecular formula is C16H14F3NO. The fraction of sp³-hybridized carbons (Fsp3) is 0.250. The molecule has 1 heterocycles. The number of halogens is 3. The van der Waals surface area contributed by atoms with Gasteiger partial charge in [-0.1, -0.05) is 30.3 Å². The maximum Gasteiger partial charge on any atom is 0.416 e. The van der Waals surface area contributed by atoms with Crippen LogP contribution in [0.15, 0.2) is 48.5 Å². The fourth-order valence-corrected chi connectivity index (χ4v) is 2.57. The quantitative estimate of drug-likeness (QED) is 0.854. The molecule has 0 radical (unpaired) electrons. The number of alkyl halides is 3. The maximum atomic E-state index is 12.8. The molecule has 0 spiro atoms. The van der Waals surface area contributed by atoms with E-state index in [0.717, 1.165) is 17.7 Å². The van der Waals surface area contributed by atoms with Crippen molar-refractivity contribution < 1.29 is 17.9 Å². The number of fused-ring (bicyclic) bond motifs is 1. The first-order valence-electron chi connectivity index (χ1n) is 6.63. The first-order chi connectivity index (χ1) is 9.95. The van der Waals surface area contributed by atoms with E-state index >= 15 is 0 Å². The second-order valence-electron chi connectivity index (χ2n) is 5.11. The predicted octanol–water partition coefficient (Wildman–Crippen LogP) is 4.23. The Hall–Kier alpha value is -2.01. The minimum Gasteiger partial charge on any atom is -0.485 e. The van der Waals surface area contributed by atoms with Gasteiger partial charge in [0, 0.05) is 18.0 Å². The maximum absolute atomic E-state index is 12.8. The molecule has 0 bridgehead atoms. The Morgan fingerprint density at radius 3 is 2.57 bits per heavy atom. The van der Waals surface area contributed by atoms with Gasteiger partial charge in [-0.05, 0) is 23.8 Å². The molecule has 2 aromatic carbocycles. The van der Waals surface area contributed by atoms with Crippen LogP contribution in [0.2, 0.25) is 0 Å².